The van der Waals surface area contributed by atoms with E-state index in [2.05, 4.69) is 64.4 Å². The van der Waals surface area contributed by atoms with E-state index in [-0.39, 0.29) is 46.8 Å². The van der Waals surface area contributed by atoms with Crippen LogP contribution in [0.5, 0.6) is 0 Å². The molecule has 8 nitrogen and oxygen atoms in total. The van der Waals surface area contributed by atoms with Gasteiger partial charge in [0.05, 0.1) is 25.7 Å². The molecule has 0 aliphatic rings. The Morgan fingerprint density at radius 1 is 0.545 bits per heavy atom. The molecule has 198 valence electrons. The Bertz CT molecular complexity index is 374. The van der Waals surface area contributed by atoms with Crippen LogP contribution in [0, 0.1) is 0 Å². The van der Waals surface area contributed by atoms with E-state index in [1.807, 2.05) is 0 Å². The Kier molecular flexibility index (Phi) is 55.3. The molecule has 0 aromatic rings. The Labute approximate surface area is 230 Å². The Balaban J connectivity index is -0.000000100. The molecule has 2 radical (unpaired) electrons. The molecule has 13 heteroatoms. The van der Waals surface area contributed by atoms with Gasteiger partial charge in [-0.05, 0) is 0 Å². The third kappa shape index (κ3) is 88.8. The molecule has 33 heavy (non-hydrogen) atoms. The van der Waals surface area contributed by atoms with E-state index in [4.69, 9.17) is 20.4 Å². The first kappa shape index (κ1) is 43.2. The first-order valence-corrected chi connectivity index (χ1v) is 17.1. The normalized spacial score (nSPS) is 8.67. The summed E-state index contributed by atoms with van der Waals surface area (Å²) in [4.78, 5) is 38.2. The molecule has 0 unspecified atom stereocenters. The third-order valence-electron chi connectivity index (χ3n) is 2.72. The fourth-order valence-corrected chi connectivity index (χ4v) is 6.04. The number of unbranched alkanes of at least 4 members (excludes halogenated alkanes) is 2. The number of carboxylic acid groups (broad SMARTS) is 4. The van der Waals surface area contributed by atoms with Gasteiger partial charge in [-0.1, -0.05) is 0 Å². The summed E-state index contributed by atoms with van der Waals surface area (Å²) in [6.45, 7) is 4.58. The minimum atomic E-state index is -0.787. The van der Waals surface area contributed by atoms with Gasteiger partial charge in [-0.15, -0.1) is 0 Å². The number of carbonyl (C=O) groups is 4. The number of thiol groups is 4. The molecule has 0 aliphatic heterocycles. The first-order chi connectivity index (χ1) is 15.5. The molecule has 0 fully saturated rings. The van der Waals surface area contributed by atoms with Crippen molar-refractivity contribution in [2.45, 2.75) is 74.1 Å². The average Bonchev–Trinajstić information content (AvgIpc) is 2.69. The molecule has 0 aromatic heterocycles. The van der Waals surface area contributed by atoms with Crippen LogP contribution in [-0.4, -0.2) is 88.5 Å². The van der Waals surface area contributed by atoms with Crippen LogP contribution in [0.15, 0.2) is 0 Å². The SMILES string of the molecule is CCC[CH2][Sn][CH2]CCC.O=C(O)CCS.O=C(O)CCS.O=C(O)CCS.O=C(O)CCS. The molecular weight excluding hydrogens is 615 g/mol. The zero-order valence-electron chi connectivity index (χ0n) is 19.6. The monoisotopic (exact) mass is 658 g/mol. The van der Waals surface area contributed by atoms with Crippen molar-refractivity contribution in [2.75, 3.05) is 23.0 Å². The number of carboxylic acids is 4. The maximum Gasteiger partial charge on any atom is 0.304 e. The van der Waals surface area contributed by atoms with Gasteiger partial charge in [0, 0.05) is 23.0 Å². The summed E-state index contributed by atoms with van der Waals surface area (Å²) in [6, 6.07) is 0. The third-order valence-corrected chi connectivity index (χ3v) is 7.65. The van der Waals surface area contributed by atoms with Gasteiger partial charge in [-0.2, -0.15) is 50.5 Å². The second-order valence-corrected chi connectivity index (χ2v) is 12.0. The van der Waals surface area contributed by atoms with Gasteiger partial charge in [0.1, 0.15) is 0 Å². The minimum Gasteiger partial charge on any atom is -0.481 e. The van der Waals surface area contributed by atoms with Crippen LogP contribution in [-0.2, 0) is 19.2 Å². The first-order valence-electron chi connectivity index (χ1n) is 10.5. The molecule has 0 aromatic carbocycles. The molecule has 0 spiro atoms. The molecule has 0 aliphatic carbocycles. The van der Waals surface area contributed by atoms with Crippen molar-refractivity contribution in [3.05, 3.63) is 0 Å². The van der Waals surface area contributed by atoms with Crippen molar-refractivity contribution in [3.8, 4) is 0 Å². The van der Waals surface area contributed by atoms with Gasteiger partial charge in [-0.25, -0.2) is 0 Å². The van der Waals surface area contributed by atoms with E-state index >= 15 is 0 Å². The standard InChI is InChI=1S/2C4H9.4C3H6O2S.Sn/c2*1-3-4-2;4*4-3(5)1-2-6;/h2*1,3-4H2,2H3;4*6H,1-2H2,(H,4,5);. The summed E-state index contributed by atoms with van der Waals surface area (Å²) < 4.78 is 3.25. The number of aliphatic carboxylic acids is 4. The van der Waals surface area contributed by atoms with E-state index < -0.39 is 23.9 Å². The summed E-state index contributed by atoms with van der Waals surface area (Å²) in [5, 5.41) is 31.5. The number of hydrogen-bond acceptors (Lipinski definition) is 8. The molecule has 0 amide bonds. The predicted molar refractivity (Wildman–Crippen MR) is 150 cm³/mol. The van der Waals surface area contributed by atoms with Crippen LogP contribution in [0.2, 0.25) is 8.87 Å². The van der Waals surface area contributed by atoms with E-state index in [9.17, 15) is 19.2 Å². The van der Waals surface area contributed by atoms with Crippen molar-refractivity contribution in [1.29, 1.82) is 0 Å². The Morgan fingerprint density at radius 2 is 0.758 bits per heavy atom. The quantitative estimate of drug-likeness (QED) is 0.0763. The summed E-state index contributed by atoms with van der Waals surface area (Å²) in [5.41, 5.74) is 0. The van der Waals surface area contributed by atoms with Crippen molar-refractivity contribution in [3.63, 3.8) is 0 Å². The second kappa shape index (κ2) is 42.3. The zero-order chi connectivity index (χ0) is 26.9. The molecule has 4 N–H and O–H groups in total. The van der Waals surface area contributed by atoms with Crippen LogP contribution in [0.4, 0.5) is 0 Å². The van der Waals surface area contributed by atoms with E-state index in [1.165, 1.54) is 25.7 Å². The van der Waals surface area contributed by atoms with Crippen molar-refractivity contribution < 1.29 is 39.6 Å². The Morgan fingerprint density at radius 3 is 0.848 bits per heavy atom. The van der Waals surface area contributed by atoms with Crippen LogP contribution in [0.1, 0.15) is 65.2 Å². The van der Waals surface area contributed by atoms with E-state index in [1.54, 1.807) is 8.87 Å². The smallest absolute Gasteiger partial charge is 0.304 e. The maximum atomic E-state index is 9.55. The van der Waals surface area contributed by atoms with Gasteiger partial charge in [-0.3, -0.25) is 19.2 Å². The van der Waals surface area contributed by atoms with Gasteiger partial charge in [0.15, 0.2) is 0 Å². The molecule has 0 atom stereocenters. The fourth-order valence-electron chi connectivity index (χ4n) is 1.11. The predicted octanol–water partition coefficient (Wildman–Crippen LogP) is 4.69. The van der Waals surface area contributed by atoms with Gasteiger partial charge < -0.3 is 20.4 Å². The van der Waals surface area contributed by atoms with Gasteiger partial charge in [0.2, 0.25) is 0 Å². The molecule has 0 saturated carbocycles. The van der Waals surface area contributed by atoms with Crippen LogP contribution < -0.4 is 0 Å². The zero-order valence-corrected chi connectivity index (χ0v) is 26.0. The number of rotatable bonds is 14. The minimum absolute atomic E-state index is 0.149. The molecule has 0 heterocycles. The fraction of sp³-hybridized carbons (Fsp3) is 0.800. The maximum absolute atomic E-state index is 9.55. The van der Waals surface area contributed by atoms with Crippen LogP contribution >= 0.6 is 50.5 Å². The molecule has 0 bridgehead atoms. The van der Waals surface area contributed by atoms with E-state index in [0.717, 1.165) is 0 Å². The molecular formula is C20H42O8S4Sn. The molecule has 0 saturated heterocycles. The summed E-state index contributed by atoms with van der Waals surface area (Å²) in [5.74, 6) is -1.44. The van der Waals surface area contributed by atoms with E-state index in [0.29, 0.717) is 23.0 Å². The van der Waals surface area contributed by atoms with Crippen LogP contribution in [0.3, 0.4) is 0 Å². The summed E-state index contributed by atoms with van der Waals surface area (Å²) in [6.07, 6.45) is 6.46. The van der Waals surface area contributed by atoms with Crippen LogP contribution in [0.25, 0.3) is 0 Å². The van der Waals surface area contributed by atoms with Crippen molar-refractivity contribution >= 4 is 95.5 Å². The van der Waals surface area contributed by atoms with Crippen molar-refractivity contribution in [1.82, 2.24) is 0 Å². The van der Waals surface area contributed by atoms with Crippen molar-refractivity contribution in [2.24, 2.45) is 0 Å². The van der Waals surface area contributed by atoms with Gasteiger partial charge in [0.25, 0.3) is 0 Å². The average molecular weight is 658 g/mol. The van der Waals surface area contributed by atoms with Gasteiger partial charge >= 0.3 is 93.4 Å². The largest absolute Gasteiger partial charge is 0.481 e. The Hall–Kier alpha value is 0.0787. The summed E-state index contributed by atoms with van der Waals surface area (Å²) in [7, 11) is 0. The molecule has 0 rings (SSSR count). The summed E-state index contributed by atoms with van der Waals surface area (Å²) >= 11 is 14.9. The number of hydrogen-bond donors (Lipinski definition) is 8. The topological polar surface area (TPSA) is 149 Å². The second-order valence-electron chi connectivity index (χ2n) is 5.93.